The second-order valence-electron chi connectivity index (χ2n) is 5.81. The number of rotatable bonds is 4. The Kier molecular flexibility index (Phi) is 4.18. The Morgan fingerprint density at radius 2 is 1.90 bits per heavy atom. The first-order chi connectivity index (χ1) is 9.27. The Morgan fingerprint density at radius 1 is 1.30 bits per heavy atom. The van der Waals surface area contributed by atoms with Crippen molar-refractivity contribution in [2.45, 2.75) is 26.7 Å². The van der Waals surface area contributed by atoms with Crippen LogP contribution in [0.5, 0.6) is 0 Å². The van der Waals surface area contributed by atoms with E-state index < -0.39 is 21.7 Å². The van der Waals surface area contributed by atoms with Gasteiger partial charge in [0.2, 0.25) is 0 Å². The van der Waals surface area contributed by atoms with E-state index in [1.54, 1.807) is 0 Å². The molecule has 0 spiro atoms. The van der Waals surface area contributed by atoms with Crippen LogP contribution in [0.25, 0.3) is 0 Å². The van der Waals surface area contributed by atoms with Crippen molar-refractivity contribution in [2.24, 2.45) is 11.8 Å². The molecule has 1 fully saturated rings. The first kappa shape index (κ1) is 15.0. The van der Waals surface area contributed by atoms with E-state index in [1.807, 2.05) is 32.0 Å². The number of benzene rings is 1. The third-order valence-corrected chi connectivity index (χ3v) is 5.68. The molecule has 0 amide bonds. The number of hydrogen-bond donors (Lipinski definition) is 1. The molecule has 1 N–H and O–H groups in total. The largest absolute Gasteiger partial charge is 0.481 e. The lowest BCUT2D eigenvalue weighted by Gasteiger charge is -2.18. The van der Waals surface area contributed by atoms with Gasteiger partial charge in [-0.05, 0) is 38.2 Å². The van der Waals surface area contributed by atoms with E-state index in [1.165, 1.54) is 0 Å². The fraction of sp³-hybridized carbons (Fsp3) is 0.533. The Bertz CT molecular complexity index is 599. The minimum atomic E-state index is -3.05. The van der Waals surface area contributed by atoms with Gasteiger partial charge in [0.15, 0.2) is 9.84 Å². The summed E-state index contributed by atoms with van der Waals surface area (Å²) in [6, 6.07) is 6.00. The predicted molar refractivity (Wildman–Crippen MR) is 77.5 cm³/mol. The maximum absolute atomic E-state index is 11.5. The monoisotopic (exact) mass is 296 g/mol. The molecule has 1 aromatic rings. The molecule has 5 heteroatoms. The topological polar surface area (TPSA) is 71.4 Å². The summed E-state index contributed by atoms with van der Waals surface area (Å²) in [5.74, 6) is -1.65. The van der Waals surface area contributed by atoms with Crippen molar-refractivity contribution in [2.75, 3.05) is 11.5 Å². The molecule has 4 nitrogen and oxygen atoms in total. The normalized spacial score (nSPS) is 22.6. The minimum Gasteiger partial charge on any atom is -0.481 e. The molecule has 1 saturated heterocycles. The smallest absolute Gasteiger partial charge is 0.307 e. The van der Waals surface area contributed by atoms with Crippen LogP contribution in [0, 0.1) is 25.7 Å². The van der Waals surface area contributed by atoms with Crippen molar-refractivity contribution >= 4 is 15.8 Å². The van der Waals surface area contributed by atoms with Crippen LogP contribution in [0.3, 0.4) is 0 Å². The van der Waals surface area contributed by atoms with Crippen LogP contribution >= 0.6 is 0 Å². The highest BCUT2D eigenvalue weighted by Crippen LogP contribution is 2.29. The lowest BCUT2D eigenvalue weighted by Crippen LogP contribution is -2.26. The van der Waals surface area contributed by atoms with E-state index in [0.717, 1.165) is 16.7 Å². The van der Waals surface area contributed by atoms with Crippen LogP contribution in [0.15, 0.2) is 18.2 Å². The van der Waals surface area contributed by atoms with Crippen LogP contribution < -0.4 is 0 Å². The molecule has 2 rings (SSSR count). The lowest BCUT2D eigenvalue weighted by atomic mass is 9.86. The highest BCUT2D eigenvalue weighted by molar-refractivity contribution is 7.91. The molecule has 1 aliphatic rings. The van der Waals surface area contributed by atoms with Crippen molar-refractivity contribution < 1.29 is 18.3 Å². The number of carboxylic acids is 1. The molecule has 0 bridgehead atoms. The molecule has 2 atom stereocenters. The third kappa shape index (κ3) is 3.60. The molecule has 2 unspecified atom stereocenters. The van der Waals surface area contributed by atoms with Gasteiger partial charge in [0.1, 0.15) is 0 Å². The Hall–Kier alpha value is -1.36. The minimum absolute atomic E-state index is 0.00869. The van der Waals surface area contributed by atoms with Crippen molar-refractivity contribution in [1.82, 2.24) is 0 Å². The van der Waals surface area contributed by atoms with E-state index in [9.17, 15) is 18.3 Å². The molecule has 0 aliphatic carbocycles. The lowest BCUT2D eigenvalue weighted by molar-refractivity contribution is -0.143. The average molecular weight is 296 g/mol. The standard InChI is InChI=1S/C15H20O4S/c1-10-5-11(2)7-12(6-10)8-14(15(16)17)13-3-4-20(18,19)9-13/h5-7,13-14H,3-4,8-9H2,1-2H3,(H,16,17). The van der Waals surface area contributed by atoms with Gasteiger partial charge in [-0.15, -0.1) is 0 Å². The Balaban J connectivity index is 2.20. The SMILES string of the molecule is Cc1cc(C)cc(CC(C(=O)O)C2CCS(=O)(=O)C2)c1. The molecule has 0 radical (unpaired) electrons. The molecule has 1 aliphatic heterocycles. The first-order valence-electron chi connectivity index (χ1n) is 6.77. The summed E-state index contributed by atoms with van der Waals surface area (Å²) < 4.78 is 23.1. The number of carbonyl (C=O) groups is 1. The van der Waals surface area contributed by atoms with Gasteiger partial charge in [0.25, 0.3) is 0 Å². The van der Waals surface area contributed by atoms with E-state index in [2.05, 4.69) is 0 Å². The van der Waals surface area contributed by atoms with Gasteiger partial charge in [-0.25, -0.2) is 8.42 Å². The molecular formula is C15H20O4S. The van der Waals surface area contributed by atoms with E-state index in [0.29, 0.717) is 12.8 Å². The van der Waals surface area contributed by atoms with Gasteiger partial charge >= 0.3 is 5.97 Å². The van der Waals surface area contributed by atoms with E-state index in [-0.39, 0.29) is 17.4 Å². The molecule has 110 valence electrons. The van der Waals surface area contributed by atoms with Gasteiger partial charge in [0.05, 0.1) is 17.4 Å². The second kappa shape index (κ2) is 5.56. The Labute approximate surface area is 119 Å². The molecule has 20 heavy (non-hydrogen) atoms. The van der Waals surface area contributed by atoms with Crippen LogP contribution in [-0.2, 0) is 21.1 Å². The number of hydrogen-bond acceptors (Lipinski definition) is 3. The maximum atomic E-state index is 11.5. The molecule has 1 aromatic carbocycles. The highest BCUT2D eigenvalue weighted by atomic mass is 32.2. The van der Waals surface area contributed by atoms with Gasteiger partial charge in [-0.2, -0.15) is 0 Å². The fourth-order valence-electron chi connectivity index (χ4n) is 3.04. The number of carboxylic acid groups (broad SMARTS) is 1. The van der Waals surface area contributed by atoms with Crippen LogP contribution in [0.2, 0.25) is 0 Å². The zero-order valence-electron chi connectivity index (χ0n) is 11.8. The van der Waals surface area contributed by atoms with Gasteiger partial charge in [-0.1, -0.05) is 29.3 Å². The van der Waals surface area contributed by atoms with Crippen molar-refractivity contribution in [3.05, 3.63) is 34.9 Å². The summed E-state index contributed by atoms with van der Waals surface area (Å²) in [5.41, 5.74) is 3.17. The van der Waals surface area contributed by atoms with E-state index >= 15 is 0 Å². The molecule has 0 aromatic heterocycles. The molecule has 0 saturated carbocycles. The van der Waals surface area contributed by atoms with Gasteiger partial charge in [0, 0.05) is 0 Å². The second-order valence-corrected chi connectivity index (χ2v) is 8.04. The summed E-state index contributed by atoms with van der Waals surface area (Å²) in [5, 5.41) is 9.41. The summed E-state index contributed by atoms with van der Waals surface area (Å²) >= 11 is 0. The van der Waals surface area contributed by atoms with Crippen molar-refractivity contribution in [3.8, 4) is 0 Å². The van der Waals surface area contributed by atoms with Crippen LogP contribution in [0.1, 0.15) is 23.1 Å². The van der Waals surface area contributed by atoms with Crippen molar-refractivity contribution in [1.29, 1.82) is 0 Å². The first-order valence-corrected chi connectivity index (χ1v) is 8.59. The van der Waals surface area contributed by atoms with Gasteiger partial charge in [-0.3, -0.25) is 4.79 Å². The summed E-state index contributed by atoms with van der Waals surface area (Å²) in [7, 11) is -3.05. The third-order valence-electron chi connectivity index (χ3n) is 3.89. The van der Waals surface area contributed by atoms with E-state index in [4.69, 9.17) is 0 Å². The summed E-state index contributed by atoms with van der Waals surface area (Å²) in [4.78, 5) is 11.5. The molecule has 1 heterocycles. The summed E-state index contributed by atoms with van der Waals surface area (Å²) in [6.45, 7) is 3.96. The zero-order valence-corrected chi connectivity index (χ0v) is 12.6. The number of aryl methyl sites for hydroxylation is 2. The van der Waals surface area contributed by atoms with Gasteiger partial charge < -0.3 is 5.11 Å². The highest BCUT2D eigenvalue weighted by Gasteiger charge is 2.37. The fourth-order valence-corrected chi connectivity index (χ4v) is 4.92. The van der Waals surface area contributed by atoms with Crippen LogP contribution in [0.4, 0.5) is 0 Å². The average Bonchev–Trinajstić information content (AvgIpc) is 2.64. The number of aliphatic carboxylic acids is 1. The van der Waals surface area contributed by atoms with Crippen LogP contribution in [-0.4, -0.2) is 31.0 Å². The number of sulfone groups is 1. The molecular weight excluding hydrogens is 276 g/mol. The Morgan fingerprint density at radius 3 is 2.35 bits per heavy atom. The zero-order chi connectivity index (χ0) is 14.9. The summed E-state index contributed by atoms with van der Waals surface area (Å²) in [6.07, 6.45) is 0.863. The van der Waals surface area contributed by atoms with Crippen molar-refractivity contribution in [3.63, 3.8) is 0 Å². The predicted octanol–water partition coefficient (Wildman–Crippen LogP) is 1.98. The quantitative estimate of drug-likeness (QED) is 0.922. The maximum Gasteiger partial charge on any atom is 0.307 e.